The summed E-state index contributed by atoms with van der Waals surface area (Å²) in [6.07, 6.45) is 2.29. The van der Waals surface area contributed by atoms with Crippen LogP contribution in [-0.4, -0.2) is 22.8 Å². The zero-order valence-electron chi connectivity index (χ0n) is 13.7. The maximum atomic E-state index is 12.2. The van der Waals surface area contributed by atoms with Gasteiger partial charge >= 0.3 is 0 Å². The largest absolute Gasteiger partial charge is 0.350 e. The lowest BCUT2D eigenvalue weighted by atomic mass is 10.1. The van der Waals surface area contributed by atoms with Gasteiger partial charge in [0.15, 0.2) is 0 Å². The van der Waals surface area contributed by atoms with Crippen molar-refractivity contribution >= 4 is 23.4 Å². The Kier molecular flexibility index (Phi) is 6.32. The summed E-state index contributed by atoms with van der Waals surface area (Å²) in [6.45, 7) is 4.21. The second-order valence-electron chi connectivity index (χ2n) is 5.49. The number of hydrogen-bond acceptors (Lipinski definition) is 3. The Balaban J connectivity index is 2.03. The minimum Gasteiger partial charge on any atom is -0.350 e. The number of nitrogens with zero attached hydrogens (tertiary/aromatic N) is 1. The maximum absolute atomic E-state index is 12.2. The molecular weight excluding hydrogens is 326 g/mol. The average molecular weight is 346 g/mol. The Morgan fingerprint density at radius 2 is 1.96 bits per heavy atom. The molecule has 0 radical (unpaired) electrons. The van der Waals surface area contributed by atoms with E-state index in [-0.39, 0.29) is 23.6 Å². The van der Waals surface area contributed by atoms with E-state index >= 15 is 0 Å². The number of hydrogen-bond donors (Lipinski definition) is 2. The van der Waals surface area contributed by atoms with Crippen molar-refractivity contribution in [2.75, 3.05) is 0 Å². The van der Waals surface area contributed by atoms with Gasteiger partial charge in [0.2, 0.25) is 0 Å². The quantitative estimate of drug-likeness (QED) is 0.844. The molecule has 0 aliphatic rings. The topological polar surface area (TPSA) is 71.1 Å². The maximum Gasteiger partial charge on any atom is 0.270 e. The Hall–Kier alpha value is -2.40. The van der Waals surface area contributed by atoms with E-state index in [9.17, 15) is 9.59 Å². The van der Waals surface area contributed by atoms with Crippen molar-refractivity contribution in [1.29, 1.82) is 0 Å². The number of rotatable bonds is 6. The first-order valence-electron chi connectivity index (χ1n) is 7.79. The Bertz CT molecular complexity index is 734. The van der Waals surface area contributed by atoms with Crippen LogP contribution < -0.4 is 10.6 Å². The monoisotopic (exact) mass is 345 g/mol. The zero-order chi connectivity index (χ0) is 17.5. The van der Waals surface area contributed by atoms with E-state index in [4.69, 9.17) is 11.6 Å². The molecule has 0 aliphatic heterocycles. The van der Waals surface area contributed by atoms with Crippen molar-refractivity contribution in [1.82, 2.24) is 15.6 Å². The Morgan fingerprint density at radius 1 is 1.21 bits per heavy atom. The van der Waals surface area contributed by atoms with Crippen LogP contribution in [0.4, 0.5) is 0 Å². The molecule has 2 N–H and O–H groups in total. The molecule has 0 spiro atoms. The second-order valence-corrected chi connectivity index (χ2v) is 5.89. The van der Waals surface area contributed by atoms with Crippen molar-refractivity contribution in [2.24, 2.45) is 0 Å². The highest BCUT2D eigenvalue weighted by Gasteiger charge is 2.13. The number of aromatic nitrogens is 1. The summed E-state index contributed by atoms with van der Waals surface area (Å²) < 4.78 is 0. The van der Waals surface area contributed by atoms with Crippen LogP contribution in [0.3, 0.4) is 0 Å². The van der Waals surface area contributed by atoms with Crippen LogP contribution in [-0.2, 0) is 6.54 Å². The molecule has 1 heterocycles. The standard InChI is InChI=1S/C18H20ClN3O2/c1-3-12(2)22-17(23)13-8-9-20-16(10-13)18(24)21-11-14-6-4-5-7-15(14)19/h4-10,12H,3,11H2,1-2H3,(H,21,24)(H,22,23). The van der Waals surface area contributed by atoms with E-state index in [2.05, 4.69) is 15.6 Å². The number of nitrogens with one attached hydrogen (secondary N) is 2. The number of benzene rings is 1. The van der Waals surface area contributed by atoms with Gasteiger partial charge in [-0.25, -0.2) is 0 Å². The van der Waals surface area contributed by atoms with Crippen LogP contribution in [0.5, 0.6) is 0 Å². The van der Waals surface area contributed by atoms with Gasteiger partial charge in [0, 0.05) is 29.4 Å². The van der Waals surface area contributed by atoms with Gasteiger partial charge in [0.1, 0.15) is 5.69 Å². The highest BCUT2D eigenvalue weighted by atomic mass is 35.5. The number of halogens is 1. The van der Waals surface area contributed by atoms with Crippen LogP contribution in [0, 0.1) is 0 Å². The molecule has 2 amide bonds. The summed E-state index contributed by atoms with van der Waals surface area (Å²) in [4.78, 5) is 28.4. The third-order valence-corrected chi connectivity index (χ3v) is 4.01. The summed E-state index contributed by atoms with van der Waals surface area (Å²) in [5.74, 6) is -0.569. The molecule has 126 valence electrons. The molecule has 6 heteroatoms. The molecule has 0 aliphatic carbocycles. The molecule has 0 saturated carbocycles. The van der Waals surface area contributed by atoms with E-state index in [1.807, 2.05) is 32.0 Å². The predicted molar refractivity (Wildman–Crippen MR) is 94.1 cm³/mol. The molecule has 0 saturated heterocycles. The van der Waals surface area contributed by atoms with Gasteiger partial charge in [-0.05, 0) is 37.1 Å². The van der Waals surface area contributed by atoms with Crippen molar-refractivity contribution in [3.63, 3.8) is 0 Å². The molecule has 1 atom stereocenters. The molecule has 5 nitrogen and oxygen atoms in total. The second kappa shape index (κ2) is 8.45. The lowest BCUT2D eigenvalue weighted by Crippen LogP contribution is -2.32. The Labute approximate surface area is 146 Å². The van der Waals surface area contributed by atoms with Crippen molar-refractivity contribution in [3.05, 3.63) is 64.4 Å². The fraction of sp³-hybridized carbons (Fsp3) is 0.278. The SMILES string of the molecule is CCC(C)NC(=O)c1ccnc(C(=O)NCc2ccccc2Cl)c1. The molecular formula is C18H20ClN3O2. The van der Waals surface area contributed by atoms with Crippen LogP contribution in [0.25, 0.3) is 0 Å². The minimum atomic E-state index is -0.354. The number of amides is 2. The smallest absolute Gasteiger partial charge is 0.270 e. The van der Waals surface area contributed by atoms with Crippen LogP contribution >= 0.6 is 11.6 Å². The van der Waals surface area contributed by atoms with E-state index in [0.717, 1.165) is 12.0 Å². The summed E-state index contributed by atoms with van der Waals surface area (Å²) in [5.41, 5.74) is 1.42. The summed E-state index contributed by atoms with van der Waals surface area (Å²) >= 11 is 6.06. The highest BCUT2D eigenvalue weighted by Crippen LogP contribution is 2.14. The summed E-state index contributed by atoms with van der Waals surface area (Å²) in [6, 6.07) is 10.4. The fourth-order valence-electron chi connectivity index (χ4n) is 2.01. The zero-order valence-corrected chi connectivity index (χ0v) is 14.4. The van der Waals surface area contributed by atoms with Gasteiger partial charge < -0.3 is 10.6 Å². The van der Waals surface area contributed by atoms with Crippen molar-refractivity contribution in [2.45, 2.75) is 32.9 Å². The third-order valence-electron chi connectivity index (χ3n) is 3.64. The normalized spacial score (nSPS) is 11.6. The molecule has 2 aromatic rings. The van der Waals surface area contributed by atoms with Gasteiger partial charge in [-0.15, -0.1) is 0 Å². The molecule has 24 heavy (non-hydrogen) atoms. The summed E-state index contributed by atoms with van der Waals surface area (Å²) in [5, 5.41) is 6.21. The first-order chi connectivity index (χ1) is 11.5. The van der Waals surface area contributed by atoms with Crippen LogP contribution in [0.2, 0.25) is 5.02 Å². The molecule has 1 unspecified atom stereocenters. The molecule has 1 aromatic carbocycles. The molecule has 2 rings (SSSR count). The first-order valence-corrected chi connectivity index (χ1v) is 8.17. The van der Waals surface area contributed by atoms with Gasteiger partial charge in [-0.1, -0.05) is 36.7 Å². The van der Waals surface area contributed by atoms with E-state index < -0.39 is 0 Å². The number of carbonyl (C=O) groups is 2. The average Bonchev–Trinajstić information content (AvgIpc) is 2.60. The van der Waals surface area contributed by atoms with E-state index in [1.54, 1.807) is 12.1 Å². The number of pyridine rings is 1. The Morgan fingerprint density at radius 3 is 2.67 bits per heavy atom. The molecule has 0 bridgehead atoms. The number of carbonyl (C=O) groups excluding carboxylic acids is 2. The molecule has 0 fully saturated rings. The van der Waals surface area contributed by atoms with Crippen molar-refractivity contribution < 1.29 is 9.59 Å². The van der Waals surface area contributed by atoms with Gasteiger partial charge in [-0.2, -0.15) is 0 Å². The third kappa shape index (κ3) is 4.80. The van der Waals surface area contributed by atoms with Gasteiger partial charge in [-0.3, -0.25) is 14.6 Å². The highest BCUT2D eigenvalue weighted by molar-refractivity contribution is 6.31. The van der Waals surface area contributed by atoms with E-state index in [0.29, 0.717) is 17.1 Å². The molecule has 1 aromatic heterocycles. The fourth-order valence-corrected chi connectivity index (χ4v) is 2.22. The van der Waals surface area contributed by atoms with Gasteiger partial charge in [0.05, 0.1) is 0 Å². The van der Waals surface area contributed by atoms with Gasteiger partial charge in [0.25, 0.3) is 11.8 Å². The lowest BCUT2D eigenvalue weighted by Gasteiger charge is -2.12. The first kappa shape index (κ1) is 17.9. The van der Waals surface area contributed by atoms with Crippen LogP contribution in [0.15, 0.2) is 42.6 Å². The lowest BCUT2D eigenvalue weighted by molar-refractivity contribution is 0.0939. The van der Waals surface area contributed by atoms with Crippen LogP contribution in [0.1, 0.15) is 46.7 Å². The predicted octanol–water partition coefficient (Wildman–Crippen LogP) is 3.19. The van der Waals surface area contributed by atoms with Crippen molar-refractivity contribution in [3.8, 4) is 0 Å². The summed E-state index contributed by atoms with van der Waals surface area (Å²) in [7, 11) is 0. The van der Waals surface area contributed by atoms with E-state index in [1.165, 1.54) is 12.3 Å². The minimum absolute atomic E-state index is 0.0724.